The van der Waals surface area contributed by atoms with Gasteiger partial charge in [-0.15, -0.1) is 11.1 Å². The highest BCUT2D eigenvalue weighted by Crippen LogP contribution is 2.41. The second-order valence-electron chi connectivity index (χ2n) is 16.1. The Morgan fingerprint density at radius 2 is 0.860 bits per heavy atom. The van der Waals surface area contributed by atoms with Crippen LogP contribution in [0.1, 0.15) is 169 Å². The van der Waals surface area contributed by atoms with Gasteiger partial charge in [0.15, 0.2) is 0 Å². The van der Waals surface area contributed by atoms with Gasteiger partial charge in [-0.05, 0) is 59.1 Å². The van der Waals surface area contributed by atoms with E-state index in [4.69, 9.17) is 9.47 Å². The van der Waals surface area contributed by atoms with Gasteiger partial charge in [0.2, 0.25) is 0 Å². The molecule has 0 saturated carbocycles. The minimum Gasteiger partial charge on any atom is -0.492 e. The highest BCUT2D eigenvalue weighted by Gasteiger charge is 2.41. The maximum absolute atomic E-state index is 6.54. The Hall–Kier alpha value is -2.51. The lowest BCUT2D eigenvalue weighted by Crippen LogP contribution is -2.43. The molecule has 0 amide bonds. The predicted octanol–water partition coefficient (Wildman–Crippen LogP) is 13.5. The van der Waals surface area contributed by atoms with E-state index in [1.165, 1.54) is 89.9 Å². The van der Waals surface area contributed by atoms with Gasteiger partial charge in [0.05, 0.1) is 24.3 Å². The molecule has 2 nitrogen and oxygen atoms in total. The van der Waals surface area contributed by atoms with Crippen molar-refractivity contribution in [2.24, 2.45) is 0 Å². The lowest BCUT2D eigenvalue weighted by Gasteiger charge is -2.38. The summed E-state index contributed by atoms with van der Waals surface area (Å²) in [6.45, 7) is 26.8. The van der Waals surface area contributed by atoms with E-state index >= 15 is 0 Å². The second kappa shape index (κ2) is 26.3. The Labute approximate surface area is 313 Å². The molecule has 1 aromatic rings. The molecular formula is C46H74O2Si2. The van der Waals surface area contributed by atoms with E-state index in [1.54, 1.807) is 0 Å². The Bertz CT molecular complexity index is 1310. The average Bonchev–Trinajstić information content (AvgIpc) is 3.05. The van der Waals surface area contributed by atoms with Crippen molar-refractivity contribution in [1.82, 2.24) is 0 Å². The molecule has 0 saturated heterocycles. The van der Waals surface area contributed by atoms with Crippen LogP contribution < -0.4 is 9.47 Å². The first-order valence-corrected chi connectivity index (χ1v) is 26.1. The standard InChI is InChI=1S/C46H74O2Si2/c1-12-14-16-18-20-22-25-29-34-47-45-39-44(33-37-50(40(3)4,41(5)6)42(7)8)46(48-35-30-26-23-21-19-17-15-13-2)38-43(45)32-28-24-27-31-36-49(9,10)11/h38-42H,12-23,25-26,29-30,34-35H2,1-11H3. The van der Waals surface area contributed by atoms with Crippen molar-refractivity contribution >= 4 is 16.1 Å². The first-order chi connectivity index (χ1) is 23.9. The van der Waals surface area contributed by atoms with Crippen LogP contribution in [0, 0.1) is 46.6 Å². The van der Waals surface area contributed by atoms with E-state index in [-0.39, 0.29) is 0 Å². The molecule has 0 fully saturated rings. The lowest BCUT2D eigenvalue weighted by molar-refractivity contribution is 0.295. The predicted molar refractivity (Wildman–Crippen MR) is 226 cm³/mol. The fourth-order valence-electron chi connectivity index (χ4n) is 6.82. The summed E-state index contributed by atoms with van der Waals surface area (Å²) in [5.74, 6) is 20.6. The molecule has 0 N–H and O–H groups in total. The second-order valence-corrected chi connectivity index (χ2v) is 26.5. The molecule has 0 unspecified atom stereocenters. The zero-order valence-electron chi connectivity index (χ0n) is 34.4. The van der Waals surface area contributed by atoms with Gasteiger partial charge in [0.1, 0.15) is 27.6 Å². The lowest BCUT2D eigenvalue weighted by atomic mass is 10.1. The van der Waals surface area contributed by atoms with E-state index in [1.807, 2.05) is 0 Å². The molecule has 0 aliphatic heterocycles. The summed E-state index contributed by atoms with van der Waals surface area (Å²) in [5, 5.41) is 0. The average molecular weight is 715 g/mol. The summed E-state index contributed by atoms with van der Waals surface area (Å²) in [4.78, 5) is 0. The zero-order valence-corrected chi connectivity index (χ0v) is 36.4. The third kappa shape index (κ3) is 18.6. The molecule has 0 atom stereocenters. The fraction of sp³-hybridized carbons (Fsp3) is 0.696. The van der Waals surface area contributed by atoms with Gasteiger partial charge in [-0.1, -0.05) is 171 Å². The maximum atomic E-state index is 6.54. The quantitative estimate of drug-likeness (QED) is 0.0638. The first kappa shape index (κ1) is 45.5. The van der Waals surface area contributed by atoms with Gasteiger partial charge in [-0.3, -0.25) is 0 Å². The molecule has 0 aromatic heterocycles. The molecule has 1 rings (SSSR count). The van der Waals surface area contributed by atoms with Crippen molar-refractivity contribution in [2.45, 2.75) is 194 Å². The molecule has 1 aromatic carbocycles. The summed E-state index contributed by atoms with van der Waals surface area (Å²) in [6.07, 6.45) is 20.3. The van der Waals surface area contributed by atoms with Crippen molar-refractivity contribution in [3.8, 4) is 58.1 Å². The Kier molecular flexibility index (Phi) is 23.9. The van der Waals surface area contributed by atoms with E-state index in [9.17, 15) is 0 Å². The van der Waals surface area contributed by atoms with Crippen LogP contribution in [0.25, 0.3) is 0 Å². The summed E-state index contributed by atoms with van der Waals surface area (Å²) < 4.78 is 13.0. The molecule has 0 spiro atoms. The van der Waals surface area contributed by atoms with Crippen molar-refractivity contribution in [2.75, 3.05) is 13.2 Å². The van der Waals surface area contributed by atoms with Gasteiger partial charge in [-0.2, -0.15) is 0 Å². The third-order valence-electron chi connectivity index (χ3n) is 9.69. The Morgan fingerprint density at radius 3 is 1.26 bits per heavy atom. The third-order valence-corrected chi connectivity index (χ3v) is 16.9. The SMILES string of the molecule is CCCCCCCCCCOc1cc(C#C[Si](C(C)C)(C(C)C)C(C)C)c(OCCCCCCCCCC)cc1C#CC#CC#C[Si](C)(C)C. The zero-order chi connectivity index (χ0) is 37.3. The smallest absolute Gasteiger partial charge is 0.146 e. The molecular weight excluding hydrogens is 641 g/mol. The van der Waals surface area contributed by atoms with Crippen molar-refractivity contribution in [3.63, 3.8) is 0 Å². The summed E-state index contributed by atoms with van der Waals surface area (Å²) in [7, 11) is -3.41. The number of hydrogen-bond donors (Lipinski definition) is 0. The monoisotopic (exact) mass is 715 g/mol. The summed E-state index contributed by atoms with van der Waals surface area (Å²) in [6, 6.07) is 4.16. The van der Waals surface area contributed by atoms with Gasteiger partial charge in [0.25, 0.3) is 0 Å². The van der Waals surface area contributed by atoms with Crippen LogP contribution in [0.4, 0.5) is 0 Å². The number of rotatable bonds is 23. The van der Waals surface area contributed by atoms with E-state index in [0.29, 0.717) is 29.8 Å². The largest absolute Gasteiger partial charge is 0.492 e. The molecule has 0 aliphatic rings. The molecule has 278 valence electrons. The number of unbranched alkanes of at least 4 members (excludes halogenated alkanes) is 14. The molecule has 0 heterocycles. The van der Waals surface area contributed by atoms with Crippen molar-refractivity contribution < 1.29 is 9.47 Å². The summed E-state index contributed by atoms with van der Waals surface area (Å²) >= 11 is 0. The molecule has 0 radical (unpaired) electrons. The summed E-state index contributed by atoms with van der Waals surface area (Å²) in [5.41, 5.74) is 10.6. The normalized spacial score (nSPS) is 11.2. The maximum Gasteiger partial charge on any atom is 0.146 e. The van der Waals surface area contributed by atoms with Crippen molar-refractivity contribution in [3.05, 3.63) is 23.3 Å². The van der Waals surface area contributed by atoms with Crippen LogP contribution >= 0.6 is 0 Å². The van der Waals surface area contributed by atoms with Gasteiger partial charge < -0.3 is 9.47 Å². The van der Waals surface area contributed by atoms with Gasteiger partial charge in [-0.25, -0.2) is 0 Å². The number of ether oxygens (including phenoxy) is 2. The molecule has 0 bridgehead atoms. The minimum atomic E-state index is -1.94. The van der Waals surface area contributed by atoms with Crippen LogP contribution in [0.2, 0.25) is 36.3 Å². The van der Waals surface area contributed by atoms with Crippen LogP contribution in [-0.2, 0) is 0 Å². The highest BCUT2D eigenvalue weighted by molar-refractivity contribution is 6.90. The van der Waals surface area contributed by atoms with Crippen molar-refractivity contribution in [1.29, 1.82) is 0 Å². The van der Waals surface area contributed by atoms with E-state index < -0.39 is 16.1 Å². The van der Waals surface area contributed by atoms with Gasteiger partial charge >= 0.3 is 0 Å². The first-order valence-electron chi connectivity index (χ1n) is 20.4. The Morgan fingerprint density at radius 1 is 0.480 bits per heavy atom. The molecule has 4 heteroatoms. The van der Waals surface area contributed by atoms with E-state index in [2.05, 4.69) is 134 Å². The van der Waals surface area contributed by atoms with Crippen LogP contribution in [0.15, 0.2) is 12.1 Å². The van der Waals surface area contributed by atoms with Gasteiger partial charge in [0, 0.05) is 12.1 Å². The van der Waals surface area contributed by atoms with Crippen LogP contribution in [0.5, 0.6) is 11.5 Å². The molecule has 0 aliphatic carbocycles. The van der Waals surface area contributed by atoms with E-state index in [0.717, 1.165) is 35.5 Å². The number of benzene rings is 1. The Balaban J connectivity index is 3.43. The minimum absolute atomic E-state index is 0.558. The number of hydrogen-bond acceptors (Lipinski definition) is 2. The van der Waals surface area contributed by atoms with Crippen LogP contribution in [-0.4, -0.2) is 29.4 Å². The topological polar surface area (TPSA) is 18.5 Å². The highest BCUT2D eigenvalue weighted by atomic mass is 28.3. The fourth-order valence-corrected chi connectivity index (χ4v) is 12.5. The molecule has 50 heavy (non-hydrogen) atoms. The van der Waals surface area contributed by atoms with Crippen LogP contribution in [0.3, 0.4) is 0 Å².